The molecule has 3 aromatic rings. The van der Waals surface area contributed by atoms with E-state index in [1.54, 1.807) is 17.5 Å². The van der Waals surface area contributed by atoms with E-state index in [-0.39, 0.29) is 0 Å². The number of hydrogen-bond acceptors (Lipinski definition) is 4. The van der Waals surface area contributed by atoms with Crippen LogP contribution in [-0.4, -0.2) is 24.7 Å². The summed E-state index contributed by atoms with van der Waals surface area (Å²) in [5.41, 5.74) is 1.07. The van der Waals surface area contributed by atoms with E-state index in [1.807, 2.05) is 35.1 Å². The van der Waals surface area contributed by atoms with Crippen molar-refractivity contribution in [2.45, 2.75) is 17.2 Å². The molecule has 7 heteroatoms. The lowest BCUT2D eigenvalue weighted by molar-refractivity contribution is 0.561. The van der Waals surface area contributed by atoms with Crippen molar-refractivity contribution in [1.29, 1.82) is 0 Å². The van der Waals surface area contributed by atoms with Crippen molar-refractivity contribution >= 4 is 32.3 Å². The summed E-state index contributed by atoms with van der Waals surface area (Å²) in [6.45, 7) is 1.08. The lowest BCUT2D eigenvalue weighted by Gasteiger charge is -2.06. The van der Waals surface area contributed by atoms with Crippen molar-refractivity contribution < 1.29 is 8.42 Å². The average molecular weight is 321 g/mol. The Hall–Kier alpha value is -1.70. The zero-order valence-electron chi connectivity index (χ0n) is 11.3. The van der Waals surface area contributed by atoms with E-state index in [2.05, 4.69) is 9.82 Å². The van der Waals surface area contributed by atoms with Crippen molar-refractivity contribution in [2.75, 3.05) is 6.54 Å². The molecule has 0 saturated carbocycles. The maximum atomic E-state index is 11.9. The van der Waals surface area contributed by atoms with Crippen LogP contribution in [0.25, 0.3) is 10.9 Å². The van der Waals surface area contributed by atoms with Gasteiger partial charge in [0.1, 0.15) is 4.21 Å². The molecule has 2 aromatic heterocycles. The van der Waals surface area contributed by atoms with Gasteiger partial charge in [-0.05, 0) is 23.9 Å². The molecule has 0 aliphatic carbocycles. The molecule has 0 spiro atoms. The Morgan fingerprint density at radius 1 is 1.19 bits per heavy atom. The van der Waals surface area contributed by atoms with Gasteiger partial charge in [-0.25, -0.2) is 13.1 Å². The number of hydrogen-bond donors (Lipinski definition) is 1. The van der Waals surface area contributed by atoms with Gasteiger partial charge in [0.15, 0.2) is 0 Å². The average Bonchev–Trinajstić information content (AvgIpc) is 3.14. The third kappa shape index (κ3) is 3.15. The molecule has 110 valence electrons. The van der Waals surface area contributed by atoms with E-state index >= 15 is 0 Å². The van der Waals surface area contributed by atoms with Gasteiger partial charge >= 0.3 is 0 Å². The number of aryl methyl sites for hydroxylation is 1. The van der Waals surface area contributed by atoms with Crippen molar-refractivity contribution in [3.05, 3.63) is 48.0 Å². The number of nitrogens with one attached hydrogen (secondary N) is 1. The van der Waals surface area contributed by atoms with Gasteiger partial charge in [0.05, 0.1) is 11.7 Å². The minimum atomic E-state index is -3.36. The predicted octanol–water partition coefficient (Wildman–Crippen LogP) is 2.47. The van der Waals surface area contributed by atoms with Crippen molar-refractivity contribution in [2.24, 2.45) is 0 Å². The van der Waals surface area contributed by atoms with Crippen molar-refractivity contribution in [3.8, 4) is 0 Å². The highest BCUT2D eigenvalue weighted by molar-refractivity contribution is 7.91. The highest BCUT2D eigenvalue weighted by Crippen LogP contribution is 2.15. The topological polar surface area (TPSA) is 64.0 Å². The first-order valence-electron chi connectivity index (χ1n) is 6.60. The number of para-hydroxylation sites is 1. The molecule has 0 aliphatic heterocycles. The Morgan fingerprint density at radius 3 is 2.86 bits per heavy atom. The quantitative estimate of drug-likeness (QED) is 0.709. The largest absolute Gasteiger partial charge is 0.265 e. The lowest BCUT2D eigenvalue weighted by Crippen LogP contribution is -2.24. The van der Waals surface area contributed by atoms with Crippen LogP contribution in [0.1, 0.15) is 6.42 Å². The molecule has 0 atom stereocenters. The molecular weight excluding hydrogens is 306 g/mol. The normalized spacial score (nSPS) is 12.0. The van der Waals surface area contributed by atoms with E-state index in [9.17, 15) is 8.42 Å². The minimum Gasteiger partial charge on any atom is -0.265 e. The molecule has 0 unspecified atom stereocenters. The summed E-state index contributed by atoms with van der Waals surface area (Å²) < 4.78 is 28.8. The van der Waals surface area contributed by atoms with Crippen LogP contribution in [-0.2, 0) is 16.6 Å². The fourth-order valence-corrected chi connectivity index (χ4v) is 4.24. The number of benzene rings is 1. The highest BCUT2D eigenvalue weighted by atomic mass is 32.2. The maximum absolute atomic E-state index is 11.9. The summed E-state index contributed by atoms with van der Waals surface area (Å²) in [5.74, 6) is 0. The molecule has 1 aromatic carbocycles. The first-order valence-corrected chi connectivity index (χ1v) is 8.97. The third-order valence-corrected chi connectivity index (χ3v) is 6.01. The van der Waals surface area contributed by atoms with E-state index in [0.717, 1.165) is 10.9 Å². The molecule has 0 fully saturated rings. The fourth-order valence-electron chi connectivity index (χ4n) is 2.13. The standard InChI is InChI=1S/C14H15N3O2S2/c18-21(19,14-7-3-10-20-14)16-8-4-9-17-13-6-2-1-5-12(13)11-15-17/h1-3,5-7,10-11,16H,4,8-9H2. The maximum Gasteiger partial charge on any atom is 0.250 e. The zero-order valence-corrected chi connectivity index (χ0v) is 12.9. The summed E-state index contributed by atoms with van der Waals surface area (Å²) in [7, 11) is -3.36. The Labute approximate surface area is 127 Å². The summed E-state index contributed by atoms with van der Waals surface area (Å²) in [6, 6.07) is 11.3. The Kier molecular flexibility index (Phi) is 4.05. The second kappa shape index (κ2) is 5.97. The second-order valence-corrected chi connectivity index (χ2v) is 7.55. The van der Waals surface area contributed by atoms with Crippen LogP contribution in [0.4, 0.5) is 0 Å². The molecule has 0 amide bonds. The van der Waals surface area contributed by atoms with Gasteiger partial charge in [-0.2, -0.15) is 5.10 Å². The second-order valence-electron chi connectivity index (χ2n) is 4.61. The van der Waals surface area contributed by atoms with Gasteiger partial charge in [-0.3, -0.25) is 4.68 Å². The van der Waals surface area contributed by atoms with Gasteiger partial charge in [-0.1, -0.05) is 24.3 Å². The fraction of sp³-hybridized carbons (Fsp3) is 0.214. The summed E-state index contributed by atoms with van der Waals surface area (Å²) in [6.07, 6.45) is 2.52. The minimum absolute atomic E-state index is 0.354. The van der Waals surface area contributed by atoms with E-state index < -0.39 is 10.0 Å². The van der Waals surface area contributed by atoms with Crippen LogP contribution < -0.4 is 4.72 Å². The van der Waals surface area contributed by atoms with Gasteiger partial charge in [0.2, 0.25) is 10.0 Å². The predicted molar refractivity (Wildman–Crippen MR) is 83.9 cm³/mol. The monoisotopic (exact) mass is 321 g/mol. The van der Waals surface area contributed by atoms with Gasteiger partial charge in [0.25, 0.3) is 0 Å². The number of sulfonamides is 1. The number of thiophene rings is 1. The smallest absolute Gasteiger partial charge is 0.250 e. The van der Waals surface area contributed by atoms with Crippen LogP contribution in [0, 0.1) is 0 Å². The van der Waals surface area contributed by atoms with Gasteiger partial charge < -0.3 is 0 Å². The van der Waals surface area contributed by atoms with Crippen LogP contribution in [0.2, 0.25) is 0 Å². The SMILES string of the molecule is O=S(=O)(NCCCn1ncc2ccccc21)c1cccs1. The summed E-state index contributed by atoms with van der Waals surface area (Å²) >= 11 is 1.22. The van der Waals surface area contributed by atoms with Crippen LogP contribution in [0.15, 0.2) is 52.2 Å². The Morgan fingerprint density at radius 2 is 2.05 bits per heavy atom. The summed E-state index contributed by atoms with van der Waals surface area (Å²) in [4.78, 5) is 0. The van der Waals surface area contributed by atoms with Crippen molar-refractivity contribution in [1.82, 2.24) is 14.5 Å². The number of rotatable bonds is 6. The first kappa shape index (κ1) is 14.2. The molecule has 5 nitrogen and oxygen atoms in total. The third-order valence-electron chi connectivity index (χ3n) is 3.15. The van der Waals surface area contributed by atoms with Gasteiger partial charge in [0, 0.05) is 18.5 Å². The molecule has 1 N–H and O–H groups in total. The van der Waals surface area contributed by atoms with E-state index in [0.29, 0.717) is 23.7 Å². The molecule has 0 saturated heterocycles. The molecule has 0 aliphatic rings. The first-order chi connectivity index (χ1) is 10.2. The molecular formula is C14H15N3O2S2. The van der Waals surface area contributed by atoms with Crippen LogP contribution in [0.5, 0.6) is 0 Å². The van der Waals surface area contributed by atoms with Crippen LogP contribution >= 0.6 is 11.3 Å². The number of fused-ring (bicyclic) bond motifs is 1. The number of nitrogens with zero attached hydrogens (tertiary/aromatic N) is 2. The number of aromatic nitrogens is 2. The molecule has 0 bridgehead atoms. The zero-order chi connectivity index (χ0) is 14.7. The summed E-state index contributed by atoms with van der Waals surface area (Å²) in [5, 5.41) is 7.17. The molecule has 0 radical (unpaired) electrons. The van der Waals surface area contributed by atoms with Crippen molar-refractivity contribution in [3.63, 3.8) is 0 Å². The van der Waals surface area contributed by atoms with E-state index in [4.69, 9.17) is 0 Å². The Balaban J connectivity index is 1.57. The molecule has 2 heterocycles. The lowest BCUT2D eigenvalue weighted by atomic mass is 10.2. The van der Waals surface area contributed by atoms with Gasteiger partial charge in [-0.15, -0.1) is 11.3 Å². The molecule has 21 heavy (non-hydrogen) atoms. The van der Waals surface area contributed by atoms with Crippen LogP contribution in [0.3, 0.4) is 0 Å². The Bertz CT molecular complexity index is 823. The highest BCUT2D eigenvalue weighted by Gasteiger charge is 2.13. The molecule has 3 rings (SSSR count). The van der Waals surface area contributed by atoms with E-state index in [1.165, 1.54) is 11.3 Å².